The van der Waals surface area contributed by atoms with Gasteiger partial charge in [0, 0.05) is 11.6 Å². The molecule has 3 amide bonds. The molecule has 0 saturated carbocycles. The predicted molar refractivity (Wildman–Crippen MR) is 123 cm³/mol. The van der Waals surface area contributed by atoms with Crippen LogP contribution in [0.1, 0.15) is 34.3 Å². The van der Waals surface area contributed by atoms with Gasteiger partial charge in [-0.2, -0.15) is 0 Å². The minimum absolute atomic E-state index is 0.124. The van der Waals surface area contributed by atoms with Crippen LogP contribution < -0.4 is 10.2 Å². The number of halogens is 1. The zero-order chi connectivity index (χ0) is 23.9. The van der Waals surface area contributed by atoms with Crippen molar-refractivity contribution in [2.45, 2.75) is 31.3 Å². The Hall–Kier alpha value is -3.23. The fraction of sp³-hybridized carbons (Fsp3) is 0.360. The number of aryl methyl sites for hydroxylation is 1. The second-order valence-electron chi connectivity index (χ2n) is 9.32. The third-order valence-corrected chi connectivity index (χ3v) is 8.05. The van der Waals surface area contributed by atoms with Crippen LogP contribution >= 0.6 is 11.6 Å². The number of fused-ring (bicyclic) bond motifs is 7. The predicted octanol–water partition coefficient (Wildman–Crippen LogP) is 2.87. The molecule has 0 bridgehead atoms. The Labute approximate surface area is 200 Å². The van der Waals surface area contributed by atoms with Crippen LogP contribution in [0.5, 0.6) is 0 Å². The van der Waals surface area contributed by atoms with Crippen molar-refractivity contribution >= 4 is 46.7 Å². The van der Waals surface area contributed by atoms with Crippen LogP contribution in [0, 0.1) is 18.8 Å². The van der Waals surface area contributed by atoms with Gasteiger partial charge in [-0.1, -0.05) is 29.8 Å². The molecule has 174 valence electrons. The fourth-order valence-corrected chi connectivity index (χ4v) is 6.91. The SMILES string of the molecule is COC(=O)c1ccccc1N1C(=O)C2C3CCCN3C3(C(=O)Nc4c(Cl)cc(C)cc43)C2C1=O. The molecule has 8 nitrogen and oxygen atoms in total. The molecule has 6 rings (SSSR count). The third-order valence-electron chi connectivity index (χ3n) is 7.75. The summed E-state index contributed by atoms with van der Waals surface area (Å²) in [5.41, 5.74) is 0.990. The Kier molecular flexibility index (Phi) is 4.47. The summed E-state index contributed by atoms with van der Waals surface area (Å²) in [6.45, 7) is 2.49. The summed E-state index contributed by atoms with van der Waals surface area (Å²) in [4.78, 5) is 57.3. The largest absolute Gasteiger partial charge is 0.465 e. The molecule has 4 atom stereocenters. The minimum atomic E-state index is -1.32. The van der Waals surface area contributed by atoms with Gasteiger partial charge in [-0.25, -0.2) is 9.69 Å². The summed E-state index contributed by atoms with van der Waals surface area (Å²) in [6.07, 6.45) is 1.52. The van der Waals surface area contributed by atoms with Crippen molar-refractivity contribution in [1.29, 1.82) is 0 Å². The zero-order valence-electron chi connectivity index (χ0n) is 18.6. The summed E-state index contributed by atoms with van der Waals surface area (Å²) in [5.74, 6) is -3.47. The smallest absolute Gasteiger partial charge is 0.339 e. The maximum Gasteiger partial charge on any atom is 0.339 e. The fourth-order valence-electron chi connectivity index (χ4n) is 6.58. The van der Waals surface area contributed by atoms with E-state index in [4.69, 9.17) is 16.3 Å². The first-order valence-electron chi connectivity index (χ1n) is 11.3. The average molecular weight is 480 g/mol. The summed E-state index contributed by atoms with van der Waals surface area (Å²) < 4.78 is 4.88. The number of amides is 3. The third kappa shape index (κ3) is 2.42. The molecule has 3 saturated heterocycles. The highest BCUT2D eigenvalue weighted by atomic mass is 35.5. The first-order valence-corrected chi connectivity index (χ1v) is 11.6. The lowest BCUT2D eigenvalue weighted by atomic mass is 9.75. The van der Waals surface area contributed by atoms with Gasteiger partial charge in [0.2, 0.25) is 11.8 Å². The molecule has 1 N–H and O–H groups in total. The molecule has 0 radical (unpaired) electrons. The number of imide groups is 1. The van der Waals surface area contributed by atoms with E-state index in [1.54, 1.807) is 24.3 Å². The van der Waals surface area contributed by atoms with Crippen LogP contribution in [0.2, 0.25) is 5.02 Å². The zero-order valence-corrected chi connectivity index (χ0v) is 19.4. The van der Waals surface area contributed by atoms with Gasteiger partial charge in [0.25, 0.3) is 5.91 Å². The maximum atomic E-state index is 14.1. The second kappa shape index (κ2) is 7.13. The first-order chi connectivity index (χ1) is 16.3. The van der Waals surface area contributed by atoms with Gasteiger partial charge in [-0.3, -0.25) is 19.3 Å². The molecule has 34 heavy (non-hydrogen) atoms. The number of methoxy groups -OCH3 is 1. The number of para-hydroxylation sites is 1. The second-order valence-corrected chi connectivity index (χ2v) is 9.72. The maximum absolute atomic E-state index is 14.1. The highest BCUT2D eigenvalue weighted by molar-refractivity contribution is 6.35. The van der Waals surface area contributed by atoms with Crippen molar-refractivity contribution < 1.29 is 23.9 Å². The van der Waals surface area contributed by atoms with Crippen LogP contribution in [0.15, 0.2) is 36.4 Å². The van der Waals surface area contributed by atoms with Gasteiger partial charge < -0.3 is 10.1 Å². The van der Waals surface area contributed by atoms with Gasteiger partial charge in [-0.05, 0) is 50.1 Å². The number of nitrogens with one attached hydrogen (secondary N) is 1. The lowest BCUT2D eigenvalue weighted by molar-refractivity contribution is -0.135. The highest BCUT2D eigenvalue weighted by Crippen LogP contribution is 2.61. The molecule has 2 aromatic rings. The molecule has 4 aliphatic rings. The molecule has 4 heterocycles. The Morgan fingerprint density at radius 1 is 1.18 bits per heavy atom. The van der Waals surface area contributed by atoms with Crippen LogP contribution in [0.25, 0.3) is 0 Å². The van der Waals surface area contributed by atoms with Gasteiger partial charge in [-0.15, -0.1) is 0 Å². The molecule has 1 spiro atoms. The van der Waals surface area contributed by atoms with E-state index in [1.807, 2.05) is 17.9 Å². The number of hydrogen-bond donors (Lipinski definition) is 1. The van der Waals surface area contributed by atoms with Crippen LogP contribution in [-0.4, -0.2) is 48.3 Å². The van der Waals surface area contributed by atoms with Crippen molar-refractivity contribution in [2.75, 3.05) is 23.9 Å². The van der Waals surface area contributed by atoms with E-state index in [9.17, 15) is 19.2 Å². The van der Waals surface area contributed by atoms with E-state index < -0.39 is 29.3 Å². The molecule has 0 aliphatic carbocycles. The molecule has 2 aromatic carbocycles. The molecular formula is C25H22ClN3O5. The highest BCUT2D eigenvalue weighted by Gasteiger charge is 2.75. The van der Waals surface area contributed by atoms with E-state index in [0.29, 0.717) is 29.2 Å². The number of ether oxygens (including phenoxy) is 1. The van der Waals surface area contributed by atoms with Crippen molar-refractivity contribution in [3.63, 3.8) is 0 Å². The number of rotatable bonds is 2. The minimum Gasteiger partial charge on any atom is -0.465 e. The molecule has 4 unspecified atom stereocenters. The van der Waals surface area contributed by atoms with Crippen molar-refractivity contribution in [2.24, 2.45) is 11.8 Å². The number of anilines is 2. The quantitative estimate of drug-likeness (QED) is 0.525. The number of carbonyl (C=O) groups excluding carboxylic acids is 4. The van der Waals surface area contributed by atoms with Gasteiger partial charge >= 0.3 is 5.97 Å². The van der Waals surface area contributed by atoms with E-state index >= 15 is 0 Å². The first kappa shape index (κ1) is 21.3. The Bertz CT molecular complexity index is 1310. The average Bonchev–Trinajstić information content (AvgIpc) is 3.52. The number of hydrogen-bond acceptors (Lipinski definition) is 6. The Balaban J connectivity index is 1.57. The number of esters is 1. The molecule has 3 fully saturated rings. The Morgan fingerprint density at radius 3 is 2.71 bits per heavy atom. The molecular weight excluding hydrogens is 458 g/mol. The summed E-state index contributed by atoms with van der Waals surface area (Å²) in [7, 11) is 1.25. The van der Waals surface area contributed by atoms with E-state index in [0.717, 1.165) is 16.9 Å². The van der Waals surface area contributed by atoms with E-state index in [-0.39, 0.29) is 29.1 Å². The van der Waals surface area contributed by atoms with E-state index in [1.165, 1.54) is 13.2 Å². The van der Waals surface area contributed by atoms with Gasteiger partial charge in [0.05, 0.1) is 40.9 Å². The lowest BCUT2D eigenvalue weighted by Gasteiger charge is -2.37. The monoisotopic (exact) mass is 479 g/mol. The standard InChI is InChI=1S/C25H22ClN3O5/c1-12-10-14-20(15(26)11-12)27-24(33)25(14)19-18(17-8-5-9-28(17)25)21(30)29(22(19)31)16-7-4-3-6-13(16)23(32)34-2/h3-4,6-7,10-11,17-19H,5,8-9H2,1-2H3,(H,27,33). The number of benzene rings is 2. The van der Waals surface area contributed by atoms with Crippen LogP contribution in [0.4, 0.5) is 11.4 Å². The number of nitrogens with zero attached hydrogens (tertiary/aromatic N) is 2. The van der Waals surface area contributed by atoms with E-state index in [2.05, 4.69) is 5.32 Å². The van der Waals surface area contributed by atoms with Crippen molar-refractivity contribution in [3.05, 3.63) is 58.1 Å². The van der Waals surface area contributed by atoms with Crippen molar-refractivity contribution in [3.8, 4) is 0 Å². The summed E-state index contributed by atoms with van der Waals surface area (Å²) >= 11 is 6.50. The summed E-state index contributed by atoms with van der Waals surface area (Å²) in [6, 6.07) is 9.79. The molecule has 4 aliphatic heterocycles. The summed E-state index contributed by atoms with van der Waals surface area (Å²) in [5, 5.41) is 3.32. The molecule has 9 heteroatoms. The normalized spacial score (nSPS) is 29.4. The van der Waals surface area contributed by atoms with Gasteiger partial charge in [0.15, 0.2) is 0 Å². The van der Waals surface area contributed by atoms with Crippen molar-refractivity contribution in [1.82, 2.24) is 4.90 Å². The Morgan fingerprint density at radius 2 is 1.94 bits per heavy atom. The van der Waals surface area contributed by atoms with Crippen LogP contribution in [0.3, 0.4) is 0 Å². The lowest BCUT2D eigenvalue weighted by Crippen LogP contribution is -2.54. The molecule has 0 aromatic heterocycles. The topological polar surface area (TPSA) is 96.0 Å². The van der Waals surface area contributed by atoms with Gasteiger partial charge in [0.1, 0.15) is 5.54 Å². The van der Waals surface area contributed by atoms with Crippen LogP contribution in [-0.2, 0) is 24.7 Å². The number of carbonyl (C=O) groups is 4.